The molecule has 1 unspecified atom stereocenters. The molecule has 1 fully saturated rings. The van der Waals surface area contributed by atoms with Crippen molar-refractivity contribution in [3.63, 3.8) is 0 Å². The SMILES string of the molecule is C1=NC2OCOC2=N1. The van der Waals surface area contributed by atoms with Crippen molar-refractivity contribution in [2.24, 2.45) is 9.98 Å². The molecule has 0 saturated carbocycles. The summed E-state index contributed by atoms with van der Waals surface area (Å²) < 4.78 is 9.81. The summed E-state index contributed by atoms with van der Waals surface area (Å²) in [7, 11) is 0. The second kappa shape index (κ2) is 1.29. The van der Waals surface area contributed by atoms with Gasteiger partial charge in [-0.2, -0.15) is 0 Å². The lowest BCUT2D eigenvalue weighted by Gasteiger charge is -1.89. The normalized spacial score (nSPS) is 32.0. The third-order valence-electron chi connectivity index (χ3n) is 1.03. The lowest BCUT2D eigenvalue weighted by molar-refractivity contribution is 0.0547. The maximum atomic E-state index is 4.93. The standard InChI is InChI=1S/C4H4N2O2/c1-5-3-4(6-1)8-2-7-3/h1,3H,2H2. The minimum atomic E-state index is -0.227. The van der Waals surface area contributed by atoms with Gasteiger partial charge in [-0.15, -0.1) is 0 Å². The Morgan fingerprint density at radius 1 is 1.75 bits per heavy atom. The first-order chi connectivity index (χ1) is 3.97. The molecule has 2 aliphatic rings. The number of rotatable bonds is 0. The summed E-state index contributed by atoms with van der Waals surface area (Å²) in [5, 5.41) is 0. The van der Waals surface area contributed by atoms with E-state index in [9.17, 15) is 0 Å². The topological polar surface area (TPSA) is 43.2 Å². The van der Waals surface area contributed by atoms with Gasteiger partial charge in [-0.3, -0.25) is 0 Å². The number of ether oxygens (including phenoxy) is 2. The van der Waals surface area contributed by atoms with Crippen LogP contribution in [-0.2, 0) is 9.47 Å². The van der Waals surface area contributed by atoms with Gasteiger partial charge in [0, 0.05) is 0 Å². The molecule has 42 valence electrons. The van der Waals surface area contributed by atoms with Crippen LogP contribution >= 0.6 is 0 Å². The molecule has 2 heterocycles. The number of hydrogen-bond donors (Lipinski definition) is 0. The highest BCUT2D eigenvalue weighted by molar-refractivity contribution is 5.92. The lowest BCUT2D eigenvalue weighted by Crippen LogP contribution is -2.08. The van der Waals surface area contributed by atoms with Gasteiger partial charge >= 0.3 is 0 Å². The van der Waals surface area contributed by atoms with E-state index in [0.717, 1.165) is 0 Å². The number of fused-ring (bicyclic) bond motifs is 1. The minimum absolute atomic E-state index is 0.227. The fourth-order valence-electron chi connectivity index (χ4n) is 0.660. The van der Waals surface area contributed by atoms with Gasteiger partial charge in [-0.05, 0) is 0 Å². The van der Waals surface area contributed by atoms with Crippen LogP contribution in [0, 0.1) is 0 Å². The van der Waals surface area contributed by atoms with Crippen LogP contribution < -0.4 is 0 Å². The second-order valence-corrected chi connectivity index (χ2v) is 1.51. The highest BCUT2D eigenvalue weighted by atomic mass is 16.7. The van der Waals surface area contributed by atoms with Gasteiger partial charge < -0.3 is 9.47 Å². The van der Waals surface area contributed by atoms with Crippen LogP contribution in [0.3, 0.4) is 0 Å². The van der Waals surface area contributed by atoms with Gasteiger partial charge in [0.05, 0.1) is 0 Å². The lowest BCUT2D eigenvalue weighted by atomic mass is 10.6. The Morgan fingerprint density at radius 3 is 3.62 bits per heavy atom. The molecule has 0 bridgehead atoms. The summed E-state index contributed by atoms with van der Waals surface area (Å²) >= 11 is 0. The van der Waals surface area contributed by atoms with Crippen LogP contribution in [0.2, 0.25) is 0 Å². The molecule has 0 amide bonds. The Labute approximate surface area is 45.8 Å². The van der Waals surface area contributed by atoms with Crippen molar-refractivity contribution in [2.45, 2.75) is 6.23 Å². The van der Waals surface area contributed by atoms with E-state index in [1.165, 1.54) is 6.34 Å². The monoisotopic (exact) mass is 112 g/mol. The Hall–Kier alpha value is -0.900. The zero-order valence-electron chi connectivity index (χ0n) is 4.07. The van der Waals surface area contributed by atoms with E-state index in [2.05, 4.69) is 9.98 Å². The fourth-order valence-corrected chi connectivity index (χ4v) is 0.660. The molecule has 0 aliphatic carbocycles. The van der Waals surface area contributed by atoms with Crippen molar-refractivity contribution in [3.8, 4) is 0 Å². The average Bonchev–Trinajstić information content (AvgIpc) is 2.15. The summed E-state index contributed by atoms with van der Waals surface area (Å²) in [6.07, 6.45) is 1.22. The van der Waals surface area contributed by atoms with Crippen molar-refractivity contribution in [1.82, 2.24) is 0 Å². The van der Waals surface area contributed by atoms with E-state index in [-0.39, 0.29) is 6.23 Å². The number of hydrogen-bond acceptors (Lipinski definition) is 4. The Balaban J connectivity index is 2.29. The van der Waals surface area contributed by atoms with Crippen LogP contribution in [0.25, 0.3) is 0 Å². The first-order valence-electron chi connectivity index (χ1n) is 2.30. The molecule has 2 aliphatic heterocycles. The van der Waals surface area contributed by atoms with Gasteiger partial charge in [0.25, 0.3) is 0 Å². The van der Waals surface area contributed by atoms with Crippen molar-refractivity contribution < 1.29 is 9.47 Å². The molecular formula is C4H4N2O2. The Morgan fingerprint density at radius 2 is 2.75 bits per heavy atom. The Kier molecular flexibility index (Phi) is 0.648. The van der Waals surface area contributed by atoms with E-state index in [1.54, 1.807) is 0 Å². The van der Waals surface area contributed by atoms with Gasteiger partial charge in [-0.1, -0.05) is 0 Å². The van der Waals surface area contributed by atoms with Crippen molar-refractivity contribution in [1.29, 1.82) is 0 Å². The van der Waals surface area contributed by atoms with E-state index >= 15 is 0 Å². The third-order valence-corrected chi connectivity index (χ3v) is 1.03. The van der Waals surface area contributed by atoms with Crippen LogP contribution in [-0.4, -0.2) is 25.3 Å². The van der Waals surface area contributed by atoms with Crippen LogP contribution in [0.15, 0.2) is 9.98 Å². The third kappa shape index (κ3) is 0.376. The highest BCUT2D eigenvalue weighted by Crippen LogP contribution is 2.10. The molecule has 2 rings (SSSR count). The molecule has 4 heteroatoms. The molecule has 8 heavy (non-hydrogen) atoms. The minimum Gasteiger partial charge on any atom is -0.450 e. The average molecular weight is 112 g/mol. The quantitative estimate of drug-likeness (QED) is 0.434. The van der Waals surface area contributed by atoms with Gasteiger partial charge in [-0.25, -0.2) is 9.98 Å². The molecule has 0 radical (unpaired) electrons. The molecule has 0 aromatic heterocycles. The van der Waals surface area contributed by atoms with E-state index in [0.29, 0.717) is 12.7 Å². The smallest absolute Gasteiger partial charge is 0.245 e. The first kappa shape index (κ1) is 4.03. The predicted molar refractivity (Wildman–Crippen MR) is 26.8 cm³/mol. The highest BCUT2D eigenvalue weighted by Gasteiger charge is 2.26. The summed E-state index contributed by atoms with van der Waals surface area (Å²) in [6, 6.07) is 0. The van der Waals surface area contributed by atoms with Crippen LogP contribution in [0.1, 0.15) is 0 Å². The van der Waals surface area contributed by atoms with Crippen molar-refractivity contribution in [3.05, 3.63) is 0 Å². The maximum Gasteiger partial charge on any atom is 0.245 e. The molecule has 1 saturated heterocycles. The zero-order chi connectivity index (χ0) is 5.40. The Bertz CT molecular complexity index is 163. The summed E-state index contributed by atoms with van der Waals surface area (Å²) in [5.41, 5.74) is 0. The molecule has 4 nitrogen and oxygen atoms in total. The van der Waals surface area contributed by atoms with Gasteiger partial charge in [0.1, 0.15) is 6.34 Å². The maximum absolute atomic E-state index is 4.93. The fraction of sp³-hybridized carbons (Fsp3) is 0.500. The van der Waals surface area contributed by atoms with E-state index in [1.807, 2.05) is 0 Å². The van der Waals surface area contributed by atoms with Crippen molar-refractivity contribution in [2.75, 3.05) is 6.79 Å². The van der Waals surface area contributed by atoms with Crippen LogP contribution in [0.5, 0.6) is 0 Å². The number of nitrogens with zero attached hydrogens (tertiary/aromatic N) is 2. The zero-order valence-corrected chi connectivity index (χ0v) is 4.07. The van der Waals surface area contributed by atoms with Crippen molar-refractivity contribution >= 4 is 12.2 Å². The van der Waals surface area contributed by atoms with E-state index < -0.39 is 0 Å². The van der Waals surface area contributed by atoms with Crippen LogP contribution in [0.4, 0.5) is 0 Å². The molecule has 0 N–H and O–H groups in total. The van der Waals surface area contributed by atoms with Gasteiger partial charge in [0.15, 0.2) is 6.79 Å². The molecule has 1 atom stereocenters. The molecule has 0 spiro atoms. The molecule has 0 aromatic carbocycles. The largest absolute Gasteiger partial charge is 0.450 e. The molecular weight excluding hydrogens is 108 g/mol. The van der Waals surface area contributed by atoms with Gasteiger partial charge in [0.2, 0.25) is 12.1 Å². The first-order valence-corrected chi connectivity index (χ1v) is 2.30. The summed E-state index contributed by atoms with van der Waals surface area (Å²) in [5.74, 6) is 0.588. The van der Waals surface area contributed by atoms with E-state index in [4.69, 9.17) is 9.47 Å². The summed E-state index contributed by atoms with van der Waals surface area (Å²) in [6.45, 7) is 0.292. The summed E-state index contributed by atoms with van der Waals surface area (Å²) in [4.78, 5) is 7.60. The molecule has 0 aromatic rings. The predicted octanol–water partition coefficient (Wildman–Crippen LogP) is -0.243. The number of aliphatic imine (C=N–C) groups is 2. The second-order valence-electron chi connectivity index (χ2n) is 1.51.